The Morgan fingerprint density at radius 1 is 1.16 bits per heavy atom. The molecule has 106 valence electrons. The monoisotopic (exact) mass is 287 g/mol. The molecule has 0 aromatic carbocycles. The third kappa shape index (κ3) is 2.62. The molecule has 0 radical (unpaired) electrons. The molecule has 7 nitrogen and oxygen atoms in total. The Kier molecular flexibility index (Phi) is 4.71. The first-order valence-electron chi connectivity index (χ1n) is 5.85. The minimum absolute atomic E-state index is 0.0241. The molecule has 1 saturated heterocycles. The molecule has 8 heteroatoms. The van der Waals surface area contributed by atoms with Crippen molar-refractivity contribution in [2.24, 2.45) is 0 Å². The highest BCUT2D eigenvalue weighted by molar-refractivity contribution is 7.88. The highest BCUT2D eigenvalue weighted by Crippen LogP contribution is 2.21. The van der Waals surface area contributed by atoms with Gasteiger partial charge in [-0.05, 0) is 13.8 Å². The van der Waals surface area contributed by atoms with E-state index in [2.05, 4.69) is 11.9 Å². The summed E-state index contributed by atoms with van der Waals surface area (Å²) in [6, 6.07) is 0. The van der Waals surface area contributed by atoms with Crippen LogP contribution in [0.15, 0.2) is 24.4 Å². The molecule has 1 N–H and O–H groups in total. The van der Waals surface area contributed by atoms with Crippen LogP contribution in [-0.2, 0) is 19.8 Å². The summed E-state index contributed by atoms with van der Waals surface area (Å²) in [4.78, 5) is 24.0. The van der Waals surface area contributed by atoms with Crippen LogP contribution in [0.3, 0.4) is 0 Å². The summed E-state index contributed by atoms with van der Waals surface area (Å²) in [6.45, 7) is 6.88. The lowest BCUT2D eigenvalue weighted by Crippen LogP contribution is -2.56. The molecular weight excluding hydrogens is 270 g/mol. The van der Waals surface area contributed by atoms with Crippen molar-refractivity contribution in [2.45, 2.75) is 13.8 Å². The van der Waals surface area contributed by atoms with E-state index in [-0.39, 0.29) is 18.7 Å². The van der Waals surface area contributed by atoms with Gasteiger partial charge in [0.2, 0.25) is 0 Å². The molecule has 1 fully saturated rings. The summed E-state index contributed by atoms with van der Waals surface area (Å²) in [6.07, 6.45) is 2.78. The smallest absolute Gasteiger partial charge is 0.331 e. The first-order valence-corrected chi connectivity index (χ1v) is 7.24. The molecule has 0 aromatic heterocycles. The third-order valence-electron chi connectivity index (χ3n) is 2.55. The normalized spacial score (nSPS) is 18.5. The van der Waals surface area contributed by atoms with Gasteiger partial charge in [0.1, 0.15) is 5.57 Å². The fourth-order valence-electron chi connectivity index (χ4n) is 1.67. The third-order valence-corrected chi connectivity index (χ3v) is 4.52. The minimum Gasteiger partial charge on any atom is -0.387 e. The maximum atomic E-state index is 12.0. The highest BCUT2D eigenvalue weighted by Gasteiger charge is 2.44. The Balaban J connectivity index is 3.22. The first-order chi connectivity index (χ1) is 8.91. The van der Waals surface area contributed by atoms with E-state index >= 15 is 0 Å². The fourth-order valence-corrected chi connectivity index (χ4v) is 3.18. The topological polar surface area (TPSA) is 86.8 Å². The van der Waals surface area contributed by atoms with Crippen LogP contribution >= 0.6 is 0 Å². The first kappa shape index (κ1) is 15.2. The molecule has 0 bridgehead atoms. The van der Waals surface area contributed by atoms with Gasteiger partial charge in [-0.25, -0.2) is 8.61 Å². The van der Waals surface area contributed by atoms with Gasteiger partial charge in [0.15, 0.2) is 0 Å². The summed E-state index contributed by atoms with van der Waals surface area (Å²) < 4.78 is 25.4. The van der Waals surface area contributed by atoms with Crippen molar-refractivity contribution >= 4 is 22.0 Å². The summed E-state index contributed by atoms with van der Waals surface area (Å²) in [5.74, 6) is -1.62. The van der Waals surface area contributed by atoms with Gasteiger partial charge >= 0.3 is 10.2 Å². The van der Waals surface area contributed by atoms with Gasteiger partial charge in [-0.1, -0.05) is 6.08 Å². The largest absolute Gasteiger partial charge is 0.387 e. The van der Waals surface area contributed by atoms with Crippen molar-refractivity contribution in [1.29, 1.82) is 0 Å². The summed E-state index contributed by atoms with van der Waals surface area (Å²) in [7, 11) is -4.05. The molecule has 1 heterocycles. The van der Waals surface area contributed by atoms with Crippen LogP contribution in [0.25, 0.3) is 0 Å². The highest BCUT2D eigenvalue weighted by atomic mass is 32.2. The van der Waals surface area contributed by atoms with E-state index in [9.17, 15) is 18.0 Å². The van der Waals surface area contributed by atoms with Crippen LogP contribution in [0.4, 0.5) is 0 Å². The number of hydrogen-bond donors (Lipinski definition) is 1. The average molecular weight is 287 g/mol. The van der Waals surface area contributed by atoms with Crippen molar-refractivity contribution in [1.82, 2.24) is 13.9 Å². The standard InChI is InChI=1S/C11H17N3O4S/c1-4-7-12-8-9-10(15)13(5-2)19(17,18)14(6-3)11(9)16/h4,8,12H,1,5-7H2,2-3H3. The molecular formula is C11H17N3O4S. The Bertz CT molecular complexity index is 492. The number of hydrogen-bond acceptors (Lipinski definition) is 5. The van der Waals surface area contributed by atoms with Gasteiger partial charge in [0, 0.05) is 25.8 Å². The second-order valence-electron chi connectivity index (χ2n) is 3.70. The lowest BCUT2D eigenvalue weighted by Gasteiger charge is -2.33. The van der Waals surface area contributed by atoms with E-state index in [0.717, 1.165) is 0 Å². The van der Waals surface area contributed by atoms with Gasteiger partial charge in [0.25, 0.3) is 11.8 Å². The number of amides is 2. The van der Waals surface area contributed by atoms with Crippen LogP contribution in [0.1, 0.15) is 13.8 Å². The Morgan fingerprint density at radius 2 is 1.63 bits per heavy atom. The maximum Gasteiger partial charge on any atom is 0.331 e. The fraction of sp³-hybridized carbons (Fsp3) is 0.455. The molecule has 0 aromatic rings. The molecule has 0 saturated carbocycles. The number of carbonyl (C=O) groups excluding carboxylic acids is 2. The van der Waals surface area contributed by atoms with Crippen LogP contribution in [-0.4, -0.2) is 48.5 Å². The summed E-state index contributed by atoms with van der Waals surface area (Å²) >= 11 is 0. The Labute approximate surface area is 112 Å². The lowest BCUT2D eigenvalue weighted by molar-refractivity contribution is -0.131. The number of nitrogens with zero attached hydrogens (tertiary/aromatic N) is 2. The van der Waals surface area contributed by atoms with Crippen LogP contribution < -0.4 is 5.32 Å². The predicted molar refractivity (Wildman–Crippen MR) is 70.0 cm³/mol. The predicted octanol–water partition coefficient (Wildman–Crippen LogP) is -0.399. The average Bonchev–Trinajstić information content (AvgIpc) is 2.34. The molecule has 19 heavy (non-hydrogen) atoms. The number of rotatable bonds is 5. The Hall–Kier alpha value is -1.83. The van der Waals surface area contributed by atoms with E-state index in [4.69, 9.17) is 0 Å². The lowest BCUT2D eigenvalue weighted by atomic mass is 10.2. The van der Waals surface area contributed by atoms with Gasteiger partial charge in [-0.3, -0.25) is 9.59 Å². The van der Waals surface area contributed by atoms with Crippen molar-refractivity contribution in [3.05, 3.63) is 24.4 Å². The second kappa shape index (κ2) is 5.87. The van der Waals surface area contributed by atoms with E-state index in [1.54, 1.807) is 6.08 Å². The van der Waals surface area contributed by atoms with Gasteiger partial charge in [-0.2, -0.15) is 8.42 Å². The zero-order valence-corrected chi connectivity index (χ0v) is 11.7. The van der Waals surface area contributed by atoms with Crippen LogP contribution in [0, 0.1) is 0 Å². The maximum absolute atomic E-state index is 12.0. The summed E-state index contributed by atoms with van der Waals surface area (Å²) in [5, 5.41) is 2.71. The molecule has 2 amide bonds. The molecule has 1 aliphatic rings. The van der Waals surface area contributed by atoms with Gasteiger partial charge in [0.05, 0.1) is 0 Å². The van der Waals surface area contributed by atoms with E-state index in [1.165, 1.54) is 20.0 Å². The van der Waals surface area contributed by atoms with Crippen molar-refractivity contribution in [3.8, 4) is 0 Å². The quantitative estimate of drug-likeness (QED) is 0.322. The van der Waals surface area contributed by atoms with E-state index in [1.807, 2.05) is 0 Å². The number of nitrogens with one attached hydrogen (secondary N) is 1. The van der Waals surface area contributed by atoms with Crippen molar-refractivity contribution in [2.75, 3.05) is 19.6 Å². The van der Waals surface area contributed by atoms with E-state index in [0.29, 0.717) is 15.2 Å². The van der Waals surface area contributed by atoms with Gasteiger partial charge in [-0.15, -0.1) is 6.58 Å². The zero-order valence-electron chi connectivity index (χ0n) is 10.9. The number of carbonyl (C=O) groups is 2. The van der Waals surface area contributed by atoms with Crippen molar-refractivity contribution < 1.29 is 18.0 Å². The molecule has 0 aliphatic carbocycles. The zero-order chi connectivity index (χ0) is 14.6. The van der Waals surface area contributed by atoms with E-state index < -0.39 is 22.0 Å². The second-order valence-corrected chi connectivity index (χ2v) is 5.48. The number of likely N-dealkylation sites (N-methyl/N-ethyl adjacent to an activating group) is 2. The molecule has 1 aliphatic heterocycles. The molecule has 0 unspecified atom stereocenters. The molecule has 0 spiro atoms. The van der Waals surface area contributed by atoms with Crippen molar-refractivity contribution in [3.63, 3.8) is 0 Å². The SMILES string of the molecule is C=CCNC=C1C(=O)N(CC)S(=O)(=O)N(CC)C1=O. The van der Waals surface area contributed by atoms with Crippen LogP contribution in [0.5, 0.6) is 0 Å². The summed E-state index contributed by atoms with van der Waals surface area (Å²) in [5.41, 5.74) is -0.194. The van der Waals surface area contributed by atoms with Gasteiger partial charge < -0.3 is 5.32 Å². The molecule has 0 atom stereocenters. The molecule has 1 rings (SSSR count). The van der Waals surface area contributed by atoms with Crippen LogP contribution in [0.2, 0.25) is 0 Å². The Morgan fingerprint density at radius 3 is 2.00 bits per heavy atom. The minimum atomic E-state index is -4.05.